The number of thiol groups is 1. The Balaban J connectivity index is 3.37. The standard InChI is InChI=1S/C13H18O4S/c1-4-9-6-10(5-2)12(13(14)17-3)7-11(9)8-18(15)16/h6-7,18H,4-5,8H2,1-3H3. The van der Waals surface area contributed by atoms with Crippen molar-refractivity contribution in [1.29, 1.82) is 0 Å². The van der Waals surface area contributed by atoms with Gasteiger partial charge in [0.2, 0.25) is 0 Å². The van der Waals surface area contributed by atoms with Crippen molar-refractivity contribution in [2.75, 3.05) is 7.11 Å². The van der Waals surface area contributed by atoms with E-state index in [4.69, 9.17) is 4.74 Å². The van der Waals surface area contributed by atoms with Crippen molar-refractivity contribution in [1.82, 2.24) is 0 Å². The number of rotatable bonds is 5. The highest BCUT2D eigenvalue weighted by Gasteiger charge is 2.14. The van der Waals surface area contributed by atoms with Crippen LogP contribution >= 0.6 is 0 Å². The van der Waals surface area contributed by atoms with E-state index in [1.807, 2.05) is 19.9 Å². The average molecular weight is 270 g/mol. The smallest absolute Gasteiger partial charge is 0.338 e. The van der Waals surface area contributed by atoms with Crippen molar-refractivity contribution in [2.45, 2.75) is 32.4 Å². The maximum absolute atomic E-state index is 11.7. The average Bonchev–Trinajstić information content (AvgIpc) is 2.36. The van der Waals surface area contributed by atoms with Gasteiger partial charge in [0.25, 0.3) is 0 Å². The number of hydrogen-bond acceptors (Lipinski definition) is 4. The Morgan fingerprint density at radius 2 is 1.72 bits per heavy atom. The third-order valence-corrected chi connectivity index (χ3v) is 3.49. The summed E-state index contributed by atoms with van der Waals surface area (Å²) in [6, 6.07) is 3.55. The van der Waals surface area contributed by atoms with Crippen LogP contribution in [0.1, 0.15) is 40.9 Å². The number of benzene rings is 1. The molecule has 18 heavy (non-hydrogen) atoms. The minimum atomic E-state index is -2.50. The second kappa shape index (κ2) is 6.54. The summed E-state index contributed by atoms with van der Waals surface area (Å²) in [7, 11) is -1.18. The molecule has 5 heteroatoms. The molecule has 0 aliphatic rings. The van der Waals surface area contributed by atoms with Crippen LogP contribution in [0.5, 0.6) is 0 Å². The van der Waals surface area contributed by atoms with Gasteiger partial charge in [-0.1, -0.05) is 19.9 Å². The molecule has 0 aliphatic heterocycles. The number of methoxy groups -OCH3 is 1. The van der Waals surface area contributed by atoms with E-state index in [1.54, 1.807) is 6.07 Å². The highest BCUT2D eigenvalue weighted by atomic mass is 32.2. The number of hydrogen-bond donors (Lipinski definition) is 1. The van der Waals surface area contributed by atoms with Crippen LogP contribution in [-0.2, 0) is 34.0 Å². The summed E-state index contributed by atoms with van der Waals surface area (Å²) in [5.41, 5.74) is 3.01. The lowest BCUT2D eigenvalue weighted by molar-refractivity contribution is 0.0599. The third kappa shape index (κ3) is 3.32. The molecule has 1 aromatic rings. The van der Waals surface area contributed by atoms with Gasteiger partial charge in [0, 0.05) is 0 Å². The van der Waals surface area contributed by atoms with Gasteiger partial charge in [0.15, 0.2) is 0 Å². The predicted octanol–water partition coefficient (Wildman–Crippen LogP) is 1.71. The van der Waals surface area contributed by atoms with Crippen molar-refractivity contribution >= 4 is 16.7 Å². The molecular weight excluding hydrogens is 252 g/mol. The van der Waals surface area contributed by atoms with Crippen LogP contribution in [0.15, 0.2) is 12.1 Å². The highest BCUT2D eigenvalue weighted by Crippen LogP contribution is 2.20. The lowest BCUT2D eigenvalue weighted by atomic mass is 9.96. The zero-order valence-electron chi connectivity index (χ0n) is 10.9. The van der Waals surface area contributed by atoms with Gasteiger partial charge >= 0.3 is 5.97 Å². The monoisotopic (exact) mass is 270 g/mol. The zero-order chi connectivity index (χ0) is 13.7. The van der Waals surface area contributed by atoms with E-state index in [0.717, 1.165) is 17.5 Å². The number of ether oxygens (including phenoxy) is 1. The quantitative estimate of drug-likeness (QED) is 0.653. The molecule has 100 valence electrons. The summed E-state index contributed by atoms with van der Waals surface area (Å²) < 4.78 is 26.4. The maximum atomic E-state index is 11.7. The first-order chi connectivity index (χ1) is 8.53. The van der Waals surface area contributed by atoms with Crippen LogP contribution in [0.3, 0.4) is 0 Å². The van der Waals surface area contributed by atoms with E-state index < -0.39 is 16.7 Å². The molecule has 0 unspecified atom stereocenters. The van der Waals surface area contributed by atoms with Gasteiger partial charge in [0.1, 0.15) is 10.7 Å². The normalized spacial score (nSPS) is 10.7. The van der Waals surface area contributed by atoms with Gasteiger partial charge in [-0.15, -0.1) is 0 Å². The molecule has 0 aromatic heterocycles. The highest BCUT2D eigenvalue weighted by molar-refractivity contribution is 7.71. The molecule has 0 N–H and O–H groups in total. The Morgan fingerprint density at radius 3 is 2.17 bits per heavy atom. The fraction of sp³-hybridized carbons (Fsp3) is 0.462. The summed E-state index contributed by atoms with van der Waals surface area (Å²) >= 11 is 0. The second-order valence-corrected chi connectivity index (χ2v) is 4.95. The molecule has 4 nitrogen and oxygen atoms in total. The first-order valence-corrected chi connectivity index (χ1v) is 7.24. The van der Waals surface area contributed by atoms with Crippen LogP contribution in [0.2, 0.25) is 0 Å². The summed E-state index contributed by atoms with van der Waals surface area (Å²) in [5.74, 6) is -0.455. The van der Waals surface area contributed by atoms with E-state index in [9.17, 15) is 13.2 Å². The van der Waals surface area contributed by atoms with Gasteiger partial charge in [-0.2, -0.15) is 0 Å². The summed E-state index contributed by atoms with van der Waals surface area (Å²) in [5, 5.41) is 0. The van der Waals surface area contributed by atoms with Crippen molar-refractivity contribution in [3.05, 3.63) is 34.4 Å². The summed E-state index contributed by atoms with van der Waals surface area (Å²) in [4.78, 5) is 11.7. The molecule has 0 saturated carbocycles. The van der Waals surface area contributed by atoms with E-state index in [-0.39, 0.29) is 5.75 Å². The minimum Gasteiger partial charge on any atom is -0.465 e. The number of aryl methyl sites for hydroxylation is 2. The molecule has 0 bridgehead atoms. The molecule has 0 atom stereocenters. The van der Waals surface area contributed by atoms with Gasteiger partial charge in [0.05, 0.1) is 18.4 Å². The van der Waals surface area contributed by atoms with Crippen LogP contribution < -0.4 is 0 Å². The molecule has 0 amide bonds. The molecule has 0 saturated heterocycles. The van der Waals surface area contributed by atoms with Crippen molar-refractivity contribution < 1.29 is 17.9 Å². The minimum absolute atomic E-state index is 0.0352. The molecule has 1 aromatic carbocycles. The fourth-order valence-corrected chi connectivity index (χ4v) is 2.52. The van der Waals surface area contributed by atoms with Crippen LogP contribution in [0.25, 0.3) is 0 Å². The Morgan fingerprint density at radius 1 is 1.11 bits per heavy atom. The molecule has 0 radical (unpaired) electrons. The summed E-state index contributed by atoms with van der Waals surface area (Å²) in [6.45, 7) is 3.92. The van der Waals surface area contributed by atoms with Crippen LogP contribution in [0, 0.1) is 0 Å². The molecule has 0 aliphatic carbocycles. The topological polar surface area (TPSA) is 60.4 Å². The van der Waals surface area contributed by atoms with Gasteiger partial charge < -0.3 is 4.74 Å². The van der Waals surface area contributed by atoms with E-state index in [2.05, 4.69) is 0 Å². The van der Waals surface area contributed by atoms with E-state index in [0.29, 0.717) is 17.5 Å². The van der Waals surface area contributed by atoms with Gasteiger partial charge in [-0.25, -0.2) is 13.2 Å². The molecule has 0 spiro atoms. The van der Waals surface area contributed by atoms with Crippen LogP contribution in [0.4, 0.5) is 0 Å². The predicted molar refractivity (Wildman–Crippen MR) is 70.6 cm³/mol. The first kappa shape index (κ1) is 14.7. The molecule has 1 rings (SSSR count). The number of esters is 1. The lowest BCUT2D eigenvalue weighted by Gasteiger charge is -2.12. The molecular formula is C13H18O4S. The zero-order valence-corrected chi connectivity index (χ0v) is 11.8. The lowest BCUT2D eigenvalue weighted by Crippen LogP contribution is -2.08. The second-order valence-electron chi connectivity index (χ2n) is 3.97. The first-order valence-electron chi connectivity index (χ1n) is 5.88. The van der Waals surface area contributed by atoms with Crippen molar-refractivity contribution in [3.8, 4) is 0 Å². The summed E-state index contributed by atoms with van der Waals surface area (Å²) in [6.07, 6.45) is 1.45. The van der Waals surface area contributed by atoms with E-state index >= 15 is 0 Å². The maximum Gasteiger partial charge on any atom is 0.338 e. The molecule has 0 heterocycles. The Bertz CT molecular complexity index is 510. The SMILES string of the molecule is CCc1cc(CC)c(C(=O)OC)cc1C[SH](=O)=O. The number of carbonyl (C=O) groups is 1. The van der Waals surface area contributed by atoms with Gasteiger partial charge in [-0.05, 0) is 35.6 Å². The van der Waals surface area contributed by atoms with Crippen LogP contribution in [-0.4, -0.2) is 21.5 Å². The van der Waals surface area contributed by atoms with Crippen molar-refractivity contribution in [2.24, 2.45) is 0 Å². The Kier molecular flexibility index (Phi) is 5.34. The Labute approximate surface area is 109 Å². The molecule has 0 fully saturated rings. The van der Waals surface area contributed by atoms with E-state index in [1.165, 1.54) is 7.11 Å². The Hall–Kier alpha value is -1.36. The third-order valence-electron chi connectivity index (χ3n) is 2.89. The number of carbonyl (C=O) groups excluding carboxylic acids is 1. The van der Waals surface area contributed by atoms with Crippen molar-refractivity contribution in [3.63, 3.8) is 0 Å². The fourth-order valence-electron chi connectivity index (χ4n) is 1.95. The van der Waals surface area contributed by atoms with Gasteiger partial charge in [-0.3, -0.25) is 0 Å². The largest absolute Gasteiger partial charge is 0.465 e.